The maximum atomic E-state index is 12.2. The molecule has 22 heavy (non-hydrogen) atoms. The molecule has 3 aromatic rings. The maximum absolute atomic E-state index is 12.2. The van der Waals surface area contributed by atoms with Crippen LogP contribution < -0.4 is 10.5 Å². The molecule has 0 saturated carbocycles. The van der Waals surface area contributed by atoms with Crippen molar-refractivity contribution in [2.75, 3.05) is 24.6 Å². The minimum Gasteiger partial charge on any atom is -0.467 e. The highest BCUT2D eigenvalue weighted by atomic mass is 16.5. The summed E-state index contributed by atoms with van der Waals surface area (Å²) >= 11 is 0. The molecule has 1 aromatic carbocycles. The molecule has 1 aliphatic rings. The van der Waals surface area contributed by atoms with E-state index in [1.165, 1.54) is 0 Å². The van der Waals surface area contributed by atoms with Crippen LogP contribution in [0.3, 0.4) is 0 Å². The van der Waals surface area contributed by atoms with E-state index in [4.69, 9.17) is 9.15 Å². The number of anilines is 1. The SMILES string of the molecule is O=c1[nH]c(N2CCOC(c3ccco3)C2)nc2ccccc12. The Hall–Kier alpha value is -2.60. The molecular weight excluding hydrogens is 282 g/mol. The molecule has 1 fully saturated rings. The van der Waals surface area contributed by atoms with Crippen LogP contribution in [-0.2, 0) is 4.74 Å². The lowest BCUT2D eigenvalue weighted by Gasteiger charge is -2.32. The van der Waals surface area contributed by atoms with Gasteiger partial charge in [0.25, 0.3) is 5.56 Å². The van der Waals surface area contributed by atoms with Crippen molar-refractivity contribution in [1.29, 1.82) is 0 Å². The van der Waals surface area contributed by atoms with Gasteiger partial charge in [0.05, 0.1) is 30.3 Å². The maximum Gasteiger partial charge on any atom is 0.260 e. The summed E-state index contributed by atoms with van der Waals surface area (Å²) in [5.41, 5.74) is 0.573. The zero-order valence-corrected chi connectivity index (χ0v) is 11.9. The van der Waals surface area contributed by atoms with Crippen molar-refractivity contribution in [3.8, 4) is 0 Å². The second-order valence-corrected chi connectivity index (χ2v) is 5.23. The van der Waals surface area contributed by atoms with Crippen LogP contribution >= 0.6 is 0 Å². The van der Waals surface area contributed by atoms with E-state index in [9.17, 15) is 4.79 Å². The largest absolute Gasteiger partial charge is 0.467 e. The Morgan fingerprint density at radius 3 is 3.00 bits per heavy atom. The van der Waals surface area contributed by atoms with Gasteiger partial charge < -0.3 is 14.1 Å². The molecule has 112 valence electrons. The molecule has 1 aliphatic heterocycles. The number of morpholine rings is 1. The van der Waals surface area contributed by atoms with Crippen LogP contribution in [-0.4, -0.2) is 29.7 Å². The van der Waals surface area contributed by atoms with Gasteiger partial charge in [-0.1, -0.05) is 12.1 Å². The van der Waals surface area contributed by atoms with Crippen LogP contribution in [0, 0.1) is 0 Å². The van der Waals surface area contributed by atoms with Gasteiger partial charge in [0.15, 0.2) is 0 Å². The molecule has 6 heteroatoms. The first-order valence-electron chi connectivity index (χ1n) is 7.20. The van der Waals surface area contributed by atoms with Crippen molar-refractivity contribution >= 4 is 16.9 Å². The van der Waals surface area contributed by atoms with Crippen LogP contribution in [0.1, 0.15) is 11.9 Å². The number of nitrogens with one attached hydrogen (secondary N) is 1. The molecule has 0 amide bonds. The lowest BCUT2D eigenvalue weighted by molar-refractivity contribution is 0.0252. The third kappa shape index (κ3) is 2.27. The number of nitrogens with zero attached hydrogens (tertiary/aromatic N) is 2. The van der Waals surface area contributed by atoms with Crippen molar-refractivity contribution in [1.82, 2.24) is 9.97 Å². The van der Waals surface area contributed by atoms with Gasteiger partial charge in [-0.3, -0.25) is 9.78 Å². The van der Waals surface area contributed by atoms with Crippen LogP contribution in [0.2, 0.25) is 0 Å². The first-order valence-corrected chi connectivity index (χ1v) is 7.20. The third-order valence-electron chi connectivity index (χ3n) is 3.83. The number of hydrogen-bond donors (Lipinski definition) is 1. The summed E-state index contributed by atoms with van der Waals surface area (Å²) < 4.78 is 11.1. The molecular formula is C16H15N3O3. The number of fused-ring (bicyclic) bond motifs is 1. The molecule has 4 rings (SSSR count). The summed E-state index contributed by atoms with van der Waals surface area (Å²) in [4.78, 5) is 21.6. The fourth-order valence-electron chi connectivity index (χ4n) is 2.71. The average molecular weight is 297 g/mol. The highest BCUT2D eigenvalue weighted by Crippen LogP contribution is 2.24. The molecule has 1 atom stereocenters. The smallest absolute Gasteiger partial charge is 0.260 e. The fourth-order valence-corrected chi connectivity index (χ4v) is 2.71. The Morgan fingerprint density at radius 2 is 2.14 bits per heavy atom. The van der Waals surface area contributed by atoms with Gasteiger partial charge in [0, 0.05) is 6.54 Å². The van der Waals surface area contributed by atoms with Crippen LogP contribution in [0.15, 0.2) is 51.9 Å². The number of para-hydroxylation sites is 1. The highest BCUT2D eigenvalue weighted by Gasteiger charge is 2.25. The van der Waals surface area contributed by atoms with Gasteiger partial charge in [-0.2, -0.15) is 0 Å². The highest BCUT2D eigenvalue weighted by molar-refractivity contribution is 5.78. The summed E-state index contributed by atoms with van der Waals surface area (Å²) in [5, 5.41) is 0.599. The van der Waals surface area contributed by atoms with E-state index in [1.807, 2.05) is 35.2 Å². The number of benzene rings is 1. The van der Waals surface area contributed by atoms with Crippen LogP contribution in [0.25, 0.3) is 10.9 Å². The monoisotopic (exact) mass is 297 g/mol. The summed E-state index contributed by atoms with van der Waals surface area (Å²) in [5.74, 6) is 1.36. The number of furan rings is 1. The molecule has 0 bridgehead atoms. The summed E-state index contributed by atoms with van der Waals surface area (Å²) in [6.45, 7) is 1.83. The third-order valence-corrected chi connectivity index (χ3v) is 3.83. The Labute approximate surface area is 126 Å². The average Bonchev–Trinajstić information content (AvgIpc) is 3.09. The number of hydrogen-bond acceptors (Lipinski definition) is 5. The zero-order valence-electron chi connectivity index (χ0n) is 11.9. The topological polar surface area (TPSA) is 71.4 Å². The van der Waals surface area contributed by atoms with E-state index in [1.54, 1.807) is 12.3 Å². The fraction of sp³-hybridized carbons (Fsp3) is 0.250. The lowest BCUT2D eigenvalue weighted by atomic mass is 10.2. The molecule has 2 aromatic heterocycles. The van der Waals surface area contributed by atoms with E-state index >= 15 is 0 Å². The number of aromatic amines is 1. The number of ether oxygens (including phenoxy) is 1. The van der Waals surface area contributed by atoms with Gasteiger partial charge in [0.1, 0.15) is 11.9 Å². The van der Waals surface area contributed by atoms with E-state index in [0.29, 0.717) is 36.5 Å². The van der Waals surface area contributed by atoms with E-state index in [2.05, 4.69) is 9.97 Å². The summed E-state index contributed by atoms with van der Waals surface area (Å²) in [6.07, 6.45) is 1.48. The normalized spacial score (nSPS) is 18.7. The minimum absolute atomic E-state index is 0.123. The van der Waals surface area contributed by atoms with Crippen molar-refractivity contribution in [2.45, 2.75) is 6.10 Å². The second-order valence-electron chi connectivity index (χ2n) is 5.23. The van der Waals surface area contributed by atoms with Crippen molar-refractivity contribution < 1.29 is 9.15 Å². The lowest BCUT2D eigenvalue weighted by Crippen LogP contribution is -2.40. The molecule has 1 saturated heterocycles. The van der Waals surface area contributed by atoms with Crippen LogP contribution in [0.5, 0.6) is 0 Å². The predicted octanol–water partition coefficient (Wildman–Crippen LogP) is 2.09. The summed E-state index contributed by atoms with van der Waals surface area (Å²) in [6, 6.07) is 11.1. The van der Waals surface area contributed by atoms with Gasteiger partial charge in [-0.25, -0.2) is 4.98 Å². The standard InChI is InChI=1S/C16H15N3O3/c20-15-11-4-1-2-5-12(11)17-16(18-15)19-7-9-22-14(10-19)13-6-3-8-21-13/h1-6,8,14H,7,9-10H2,(H,17,18,20). The van der Waals surface area contributed by atoms with Gasteiger partial charge in [-0.05, 0) is 24.3 Å². The Balaban J connectivity index is 1.68. The molecule has 0 radical (unpaired) electrons. The predicted molar refractivity (Wildman–Crippen MR) is 82.0 cm³/mol. The van der Waals surface area contributed by atoms with E-state index in [0.717, 1.165) is 5.76 Å². The first kappa shape index (κ1) is 13.1. The molecule has 0 aliphatic carbocycles. The van der Waals surface area contributed by atoms with Gasteiger partial charge in [0.2, 0.25) is 5.95 Å². The van der Waals surface area contributed by atoms with Crippen molar-refractivity contribution in [3.63, 3.8) is 0 Å². The Morgan fingerprint density at radius 1 is 1.23 bits per heavy atom. The first-order chi connectivity index (χ1) is 10.8. The number of aromatic nitrogens is 2. The van der Waals surface area contributed by atoms with Crippen molar-refractivity contribution in [3.05, 3.63) is 58.8 Å². The minimum atomic E-state index is -0.152. The second kappa shape index (κ2) is 5.31. The van der Waals surface area contributed by atoms with E-state index < -0.39 is 0 Å². The summed E-state index contributed by atoms with van der Waals surface area (Å²) in [7, 11) is 0. The molecule has 3 heterocycles. The number of H-pyrrole nitrogens is 1. The Bertz CT molecular complexity index is 841. The van der Waals surface area contributed by atoms with Gasteiger partial charge in [-0.15, -0.1) is 0 Å². The van der Waals surface area contributed by atoms with Crippen LogP contribution in [0.4, 0.5) is 5.95 Å². The number of rotatable bonds is 2. The molecule has 6 nitrogen and oxygen atoms in total. The quantitative estimate of drug-likeness (QED) is 0.784. The molecule has 1 unspecified atom stereocenters. The molecule has 0 spiro atoms. The van der Waals surface area contributed by atoms with E-state index in [-0.39, 0.29) is 11.7 Å². The molecule has 1 N–H and O–H groups in total. The van der Waals surface area contributed by atoms with Gasteiger partial charge >= 0.3 is 0 Å². The Kier molecular flexibility index (Phi) is 3.16. The zero-order chi connectivity index (χ0) is 14.9. The van der Waals surface area contributed by atoms with Crippen molar-refractivity contribution in [2.24, 2.45) is 0 Å².